The molecule has 2 aliphatic heterocycles. The maximum Gasteiger partial charge on any atom is 0.318 e. The van der Waals surface area contributed by atoms with Crippen molar-refractivity contribution in [1.82, 2.24) is 14.9 Å². The summed E-state index contributed by atoms with van der Waals surface area (Å²) in [6.45, 7) is 9.89. The highest BCUT2D eigenvalue weighted by Gasteiger charge is 2.44. The Bertz CT molecular complexity index is 1350. The third kappa shape index (κ3) is 5.51. The van der Waals surface area contributed by atoms with Crippen LogP contribution in [0, 0.1) is 17.3 Å². The standard InChI is InChI=1S/C33H45N5O2/c1-5-25-8-6-9-26-10-7-11-29(30(25)26)37-15-12-27-28(19-37)34-32(40-22-33(13-14-33)21-36(3)4)35-31(27)38-17-23(2)16-24(18-38)20-39/h6-11,23-24,39H,5,12-22H2,1-4H3. The summed E-state index contributed by atoms with van der Waals surface area (Å²) in [5, 5.41) is 12.7. The van der Waals surface area contributed by atoms with Gasteiger partial charge in [0.15, 0.2) is 0 Å². The summed E-state index contributed by atoms with van der Waals surface area (Å²) < 4.78 is 6.42. The first-order valence-corrected chi connectivity index (χ1v) is 15.2. The summed E-state index contributed by atoms with van der Waals surface area (Å²) in [5.74, 6) is 1.81. The SMILES string of the molecule is CCc1cccc2cccc(N3CCc4c(nc(OCC5(CN(C)C)CC5)nc4N4CC(C)CC(CO)C4)C3)c12. The van der Waals surface area contributed by atoms with E-state index in [1.165, 1.54) is 40.4 Å². The van der Waals surface area contributed by atoms with E-state index in [-0.39, 0.29) is 17.9 Å². The Morgan fingerprint density at radius 2 is 1.88 bits per heavy atom. The molecular formula is C33H45N5O2. The van der Waals surface area contributed by atoms with E-state index >= 15 is 0 Å². The number of piperidine rings is 1. The second kappa shape index (κ2) is 11.2. The summed E-state index contributed by atoms with van der Waals surface area (Å²) in [4.78, 5) is 17.3. The molecule has 1 aliphatic carbocycles. The number of aliphatic hydroxyl groups excluding tert-OH is 1. The molecule has 3 aromatic rings. The molecule has 1 saturated carbocycles. The highest BCUT2D eigenvalue weighted by molar-refractivity contribution is 5.97. The fraction of sp³-hybridized carbons (Fsp3) is 0.576. The maximum atomic E-state index is 10.0. The van der Waals surface area contributed by atoms with Crippen LogP contribution in [0.15, 0.2) is 36.4 Å². The predicted molar refractivity (Wildman–Crippen MR) is 162 cm³/mol. The molecule has 0 bridgehead atoms. The minimum Gasteiger partial charge on any atom is -0.463 e. The van der Waals surface area contributed by atoms with Gasteiger partial charge in [-0.2, -0.15) is 9.97 Å². The van der Waals surface area contributed by atoms with Crippen molar-refractivity contribution >= 4 is 22.3 Å². The molecule has 2 unspecified atom stereocenters. The lowest BCUT2D eigenvalue weighted by Gasteiger charge is -2.39. The Hall–Kier alpha value is -2.90. The normalized spacial score (nSPS) is 22.1. The van der Waals surface area contributed by atoms with Crippen molar-refractivity contribution in [1.29, 1.82) is 0 Å². The van der Waals surface area contributed by atoms with E-state index in [9.17, 15) is 5.11 Å². The zero-order valence-corrected chi connectivity index (χ0v) is 24.7. The Balaban J connectivity index is 1.35. The van der Waals surface area contributed by atoms with E-state index in [0.717, 1.165) is 63.5 Å². The molecule has 7 heteroatoms. The molecule has 2 atom stereocenters. The number of aromatic nitrogens is 2. The van der Waals surface area contributed by atoms with E-state index in [4.69, 9.17) is 14.7 Å². The van der Waals surface area contributed by atoms with Crippen molar-refractivity contribution in [3.8, 4) is 6.01 Å². The lowest BCUT2D eigenvalue weighted by Crippen LogP contribution is -2.43. The number of aryl methyl sites for hydroxylation is 1. The molecule has 3 aliphatic rings. The summed E-state index contributed by atoms with van der Waals surface area (Å²) >= 11 is 0. The third-order valence-corrected chi connectivity index (χ3v) is 9.13. The van der Waals surface area contributed by atoms with Crippen LogP contribution >= 0.6 is 0 Å². The molecule has 6 rings (SSSR count). The highest BCUT2D eigenvalue weighted by Crippen LogP contribution is 2.46. The number of benzene rings is 2. The molecule has 2 aromatic carbocycles. The van der Waals surface area contributed by atoms with Gasteiger partial charge >= 0.3 is 6.01 Å². The van der Waals surface area contributed by atoms with E-state index in [0.29, 0.717) is 18.5 Å². The summed E-state index contributed by atoms with van der Waals surface area (Å²) in [6, 6.07) is 13.8. The smallest absolute Gasteiger partial charge is 0.318 e. The fourth-order valence-corrected chi connectivity index (χ4v) is 7.08. The van der Waals surface area contributed by atoms with Gasteiger partial charge in [0.25, 0.3) is 0 Å². The average Bonchev–Trinajstić information content (AvgIpc) is 3.72. The molecule has 0 radical (unpaired) electrons. The minimum absolute atomic E-state index is 0.218. The molecule has 214 valence electrons. The van der Waals surface area contributed by atoms with Crippen LogP contribution in [-0.4, -0.2) is 73.5 Å². The molecule has 3 heterocycles. The lowest BCUT2D eigenvalue weighted by molar-refractivity contribution is 0.181. The molecule has 0 spiro atoms. The first kappa shape index (κ1) is 27.3. The van der Waals surface area contributed by atoms with E-state index < -0.39 is 0 Å². The quantitative estimate of drug-likeness (QED) is 0.411. The van der Waals surface area contributed by atoms with Crippen LogP contribution < -0.4 is 14.5 Å². The first-order valence-electron chi connectivity index (χ1n) is 15.2. The van der Waals surface area contributed by atoms with Gasteiger partial charge in [-0.15, -0.1) is 0 Å². The van der Waals surface area contributed by atoms with Crippen molar-refractivity contribution in [3.63, 3.8) is 0 Å². The minimum atomic E-state index is 0.218. The first-order chi connectivity index (χ1) is 19.4. The maximum absolute atomic E-state index is 10.0. The van der Waals surface area contributed by atoms with Crippen LogP contribution in [0.25, 0.3) is 10.8 Å². The van der Waals surface area contributed by atoms with E-state index in [1.54, 1.807) is 0 Å². The van der Waals surface area contributed by atoms with Crippen molar-refractivity contribution < 1.29 is 9.84 Å². The molecule has 0 amide bonds. The lowest BCUT2D eigenvalue weighted by atomic mass is 9.90. The van der Waals surface area contributed by atoms with Gasteiger partial charge in [0.2, 0.25) is 0 Å². The van der Waals surface area contributed by atoms with Crippen molar-refractivity contribution in [2.75, 3.05) is 63.3 Å². The molecule has 1 N–H and O–H groups in total. The molecule has 1 saturated heterocycles. The number of ether oxygens (including phenoxy) is 1. The zero-order chi connectivity index (χ0) is 27.9. The Morgan fingerprint density at radius 1 is 1.07 bits per heavy atom. The summed E-state index contributed by atoms with van der Waals surface area (Å²) in [6.07, 6.45) is 5.36. The number of rotatable bonds is 9. The second-order valence-electron chi connectivity index (χ2n) is 12.9. The van der Waals surface area contributed by atoms with Crippen molar-refractivity contribution in [3.05, 3.63) is 53.2 Å². The van der Waals surface area contributed by atoms with Gasteiger partial charge in [0, 0.05) is 54.8 Å². The van der Waals surface area contributed by atoms with Gasteiger partial charge in [0.1, 0.15) is 5.82 Å². The van der Waals surface area contributed by atoms with E-state index in [1.807, 2.05) is 0 Å². The van der Waals surface area contributed by atoms with Crippen molar-refractivity contribution in [2.45, 2.75) is 52.5 Å². The van der Waals surface area contributed by atoms with Gasteiger partial charge in [-0.3, -0.25) is 0 Å². The van der Waals surface area contributed by atoms with Crippen molar-refractivity contribution in [2.24, 2.45) is 17.3 Å². The third-order valence-electron chi connectivity index (χ3n) is 9.13. The summed E-state index contributed by atoms with van der Waals surface area (Å²) in [7, 11) is 4.27. The zero-order valence-electron chi connectivity index (χ0n) is 24.7. The van der Waals surface area contributed by atoms with Crippen LogP contribution in [0.5, 0.6) is 6.01 Å². The fourth-order valence-electron chi connectivity index (χ4n) is 7.08. The van der Waals surface area contributed by atoms with Crippen LogP contribution in [-0.2, 0) is 19.4 Å². The van der Waals surface area contributed by atoms with Crippen LogP contribution in [0.2, 0.25) is 0 Å². The Morgan fingerprint density at radius 3 is 2.60 bits per heavy atom. The number of fused-ring (bicyclic) bond motifs is 2. The molecule has 7 nitrogen and oxygen atoms in total. The van der Waals surface area contributed by atoms with Gasteiger partial charge in [-0.1, -0.05) is 44.2 Å². The van der Waals surface area contributed by atoms with E-state index in [2.05, 4.69) is 79.0 Å². The number of hydrogen-bond donors (Lipinski definition) is 1. The molecular weight excluding hydrogens is 498 g/mol. The number of aliphatic hydroxyl groups is 1. The Kier molecular flexibility index (Phi) is 7.62. The largest absolute Gasteiger partial charge is 0.463 e. The monoisotopic (exact) mass is 543 g/mol. The summed E-state index contributed by atoms with van der Waals surface area (Å²) in [5.41, 5.74) is 5.22. The van der Waals surface area contributed by atoms with Crippen LogP contribution in [0.4, 0.5) is 11.5 Å². The van der Waals surface area contributed by atoms with Gasteiger partial charge < -0.3 is 24.5 Å². The van der Waals surface area contributed by atoms with Crippen LogP contribution in [0.3, 0.4) is 0 Å². The van der Waals surface area contributed by atoms with Gasteiger partial charge in [-0.05, 0) is 75.1 Å². The number of anilines is 2. The second-order valence-corrected chi connectivity index (χ2v) is 12.9. The number of nitrogens with zero attached hydrogens (tertiary/aromatic N) is 5. The van der Waals surface area contributed by atoms with Gasteiger partial charge in [0.05, 0.1) is 18.8 Å². The molecule has 1 aromatic heterocycles. The van der Waals surface area contributed by atoms with Crippen LogP contribution in [0.1, 0.15) is 49.9 Å². The number of hydrogen-bond acceptors (Lipinski definition) is 7. The predicted octanol–water partition coefficient (Wildman–Crippen LogP) is 4.93. The topological polar surface area (TPSA) is 65.0 Å². The molecule has 2 fully saturated rings. The molecule has 40 heavy (non-hydrogen) atoms. The Labute approximate surface area is 239 Å². The van der Waals surface area contributed by atoms with Gasteiger partial charge in [-0.25, -0.2) is 0 Å². The average molecular weight is 544 g/mol. The highest BCUT2D eigenvalue weighted by atomic mass is 16.5.